The van der Waals surface area contributed by atoms with Crippen molar-refractivity contribution < 1.29 is 54.5 Å². The molecule has 10 heteroatoms. The average molecular weight is 361 g/mol. The summed E-state index contributed by atoms with van der Waals surface area (Å²) in [5.41, 5.74) is 1.19. The number of nitrogens with zero attached hydrogens (tertiary/aromatic N) is 3. The van der Waals surface area contributed by atoms with Crippen molar-refractivity contribution >= 4 is 29.7 Å². The van der Waals surface area contributed by atoms with Crippen LogP contribution in [0.15, 0.2) is 22.9 Å². The van der Waals surface area contributed by atoms with Crippen LogP contribution in [-0.2, 0) is 27.5 Å². The average Bonchev–Trinajstić information content (AvgIpc) is 3.05. The predicted molar refractivity (Wildman–Crippen MR) is 81.5 cm³/mol. The molecule has 0 radical (unpaired) electrons. The second-order valence-electron chi connectivity index (χ2n) is 4.88. The Labute approximate surface area is 165 Å². The van der Waals surface area contributed by atoms with Crippen LogP contribution < -0.4 is 34.7 Å². The Bertz CT molecular complexity index is 706. The molecule has 0 saturated carbocycles. The van der Waals surface area contributed by atoms with Crippen molar-refractivity contribution in [3.63, 3.8) is 0 Å². The summed E-state index contributed by atoms with van der Waals surface area (Å²) >= 11 is 1.29. The van der Waals surface area contributed by atoms with Gasteiger partial charge in [0.1, 0.15) is 17.8 Å². The van der Waals surface area contributed by atoms with Gasteiger partial charge in [-0.3, -0.25) is 9.69 Å². The third kappa shape index (κ3) is 3.19. The zero-order valence-electron chi connectivity index (χ0n) is 12.3. The Balaban J connectivity index is 0.000000960. The number of β-lactam (4-membered cyclic amide) rings is 1. The first-order valence-corrected chi connectivity index (χ1v) is 7.35. The SMILES string of the molecule is C.O.O=C([O-])C1=CS[C@@H]2/C(=C\c3cn4c(n3)COCC4)C(=O)N12.[Na+]. The third-order valence-electron chi connectivity index (χ3n) is 3.63. The van der Waals surface area contributed by atoms with Crippen molar-refractivity contribution in [2.45, 2.75) is 26.0 Å². The first kappa shape index (κ1) is 20.9. The molecular weight excluding hydrogens is 345 g/mol. The molecule has 3 aliphatic rings. The smallest absolute Gasteiger partial charge is 0.543 e. The maximum Gasteiger partial charge on any atom is 1.00 e. The molecule has 1 amide bonds. The van der Waals surface area contributed by atoms with Gasteiger partial charge in [-0.15, -0.1) is 11.8 Å². The number of rotatable bonds is 2. The van der Waals surface area contributed by atoms with Crippen molar-refractivity contribution in [3.8, 4) is 0 Å². The molecule has 0 aliphatic carbocycles. The Morgan fingerprint density at radius 3 is 2.92 bits per heavy atom. The molecule has 1 aromatic rings. The van der Waals surface area contributed by atoms with Crippen LogP contribution in [0.5, 0.6) is 0 Å². The zero-order chi connectivity index (χ0) is 14.6. The largest absolute Gasteiger partial charge is 1.00 e. The third-order valence-corrected chi connectivity index (χ3v) is 4.71. The predicted octanol–water partition coefficient (Wildman–Crippen LogP) is -3.88. The number of carboxylic acids is 1. The monoisotopic (exact) mass is 361 g/mol. The van der Waals surface area contributed by atoms with E-state index in [1.165, 1.54) is 22.1 Å². The van der Waals surface area contributed by atoms with Gasteiger partial charge in [-0.05, 0) is 11.5 Å². The fourth-order valence-electron chi connectivity index (χ4n) is 2.60. The minimum absolute atomic E-state index is 0. The van der Waals surface area contributed by atoms with Gasteiger partial charge in [0.2, 0.25) is 0 Å². The summed E-state index contributed by atoms with van der Waals surface area (Å²) in [5, 5.41) is 12.1. The van der Waals surface area contributed by atoms with E-state index in [1.54, 1.807) is 6.08 Å². The second kappa shape index (κ2) is 7.85. The van der Waals surface area contributed by atoms with Gasteiger partial charge in [0.05, 0.1) is 29.5 Å². The maximum absolute atomic E-state index is 12.1. The molecule has 2 N–H and O–H groups in total. The molecule has 1 saturated heterocycles. The van der Waals surface area contributed by atoms with Crippen LogP contribution in [0.4, 0.5) is 0 Å². The van der Waals surface area contributed by atoms with E-state index in [1.807, 2.05) is 10.8 Å². The molecular formula is C14H16N3NaO5S. The van der Waals surface area contributed by atoms with Crippen LogP contribution in [0.3, 0.4) is 0 Å². The number of aliphatic carboxylic acids is 1. The summed E-state index contributed by atoms with van der Waals surface area (Å²) < 4.78 is 7.33. The summed E-state index contributed by atoms with van der Waals surface area (Å²) in [7, 11) is 0. The molecule has 4 heterocycles. The van der Waals surface area contributed by atoms with Gasteiger partial charge in [-0.25, -0.2) is 4.98 Å². The fourth-order valence-corrected chi connectivity index (χ4v) is 3.71. The van der Waals surface area contributed by atoms with Crippen molar-refractivity contribution in [1.29, 1.82) is 0 Å². The second-order valence-corrected chi connectivity index (χ2v) is 5.84. The van der Waals surface area contributed by atoms with Gasteiger partial charge in [-0.2, -0.15) is 0 Å². The Morgan fingerprint density at radius 2 is 2.25 bits per heavy atom. The summed E-state index contributed by atoms with van der Waals surface area (Å²) in [4.78, 5) is 28.6. The van der Waals surface area contributed by atoms with E-state index in [9.17, 15) is 14.7 Å². The molecule has 8 nitrogen and oxygen atoms in total. The van der Waals surface area contributed by atoms with Crippen molar-refractivity contribution in [1.82, 2.24) is 14.5 Å². The molecule has 3 aliphatic heterocycles. The van der Waals surface area contributed by atoms with Gasteiger partial charge in [-0.1, -0.05) is 7.43 Å². The van der Waals surface area contributed by atoms with Crippen LogP contribution in [-0.4, -0.2) is 43.8 Å². The number of ether oxygens (including phenoxy) is 1. The van der Waals surface area contributed by atoms with E-state index >= 15 is 0 Å². The number of imidazole rings is 1. The molecule has 1 fully saturated rings. The first-order chi connectivity index (χ1) is 10.1. The number of hydrogen-bond acceptors (Lipinski definition) is 6. The Morgan fingerprint density at radius 1 is 1.50 bits per heavy atom. The van der Waals surface area contributed by atoms with Gasteiger partial charge in [0.15, 0.2) is 0 Å². The number of fused-ring (bicyclic) bond motifs is 2. The van der Waals surface area contributed by atoms with E-state index in [2.05, 4.69) is 4.98 Å². The number of thioether (sulfide) groups is 1. The summed E-state index contributed by atoms with van der Waals surface area (Å²) in [6.45, 7) is 1.88. The van der Waals surface area contributed by atoms with Crippen molar-refractivity contribution in [3.05, 3.63) is 34.4 Å². The molecule has 4 rings (SSSR count). The molecule has 0 bridgehead atoms. The van der Waals surface area contributed by atoms with E-state index in [0.29, 0.717) is 24.5 Å². The molecule has 0 aromatic carbocycles. The topological polar surface area (TPSA) is 119 Å². The van der Waals surface area contributed by atoms with Crippen molar-refractivity contribution in [2.24, 2.45) is 0 Å². The molecule has 0 unspecified atom stereocenters. The number of aromatic nitrogens is 2. The summed E-state index contributed by atoms with van der Waals surface area (Å²) in [6, 6.07) is 0. The minimum atomic E-state index is -1.33. The summed E-state index contributed by atoms with van der Waals surface area (Å²) in [6.07, 6.45) is 3.60. The summed E-state index contributed by atoms with van der Waals surface area (Å²) in [5.74, 6) is -0.793. The number of carbonyl (C=O) groups excluding carboxylic acids is 2. The van der Waals surface area contributed by atoms with E-state index in [4.69, 9.17) is 4.74 Å². The van der Waals surface area contributed by atoms with Gasteiger partial charge < -0.3 is 24.7 Å². The maximum atomic E-state index is 12.1. The van der Waals surface area contributed by atoms with Crippen molar-refractivity contribution in [2.75, 3.05) is 6.61 Å². The molecule has 24 heavy (non-hydrogen) atoms. The van der Waals surface area contributed by atoms with Gasteiger partial charge >= 0.3 is 29.6 Å². The first-order valence-electron chi connectivity index (χ1n) is 6.41. The van der Waals surface area contributed by atoms with Gasteiger partial charge in [0.25, 0.3) is 5.91 Å². The number of carboxylic acid groups (broad SMARTS) is 1. The minimum Gasteiger partial charge on any atom is -0.543 e. The zero-order valence-corrected chi connectivity index (χ0v) is 15.1. The number of carbonyl (C=O) groups is 2. The van der Waals surface area contributed by atoms with Crippen LogP contribution in [0.1, 0.15) is 18.9 Å². The number of hydrogen-bond donors (Lipinski definition) is 0. The van der Waals surface area contributed by atoms with E-state index in [0.717, 1.165) is 12.4 Å². The quantitative estimate of drug-likeness (QED) is 0.302. The normalized spacial score (nSPS) is 22.2. The van der Waals surface area contributed by atoms with Crippen LogP contribution >= 0.6 is 11.8 Å². The molecule has 1 aromatic heterocycles. The Kier molecular flexibility index (Phi) is 6.85. The standard InChI is InChI=1S/C13H11N3O4S.CH4.Na.H2O/c17-11-8(12-16(11)9(6-21-12)13(18)19)3-7-4-15-1-2-20-5-10(15)14-7;;;/h3-4,6,12H,1-2,5H2,(H,18,19);1H4;;1H2/q;;+1;/p-1/b8-3-;;;/t12-;;;/m1.../s1. The van der Waals surface area contributed by atoms with Crippen LogP contribution in [0.25, 0.3) is 6.08 Å². The molecule has 1 atom stereocenters. The molecule has 124 valence electrons. The Hall–Kier alpha value is -1.10. The van der Waals surface area contributed by atoms with Gasteiger partial charge in [0, 0.05) is 12.7 Å². The van der Waals surface area contributed by atoms with E-state index in [-0.39, 0.29) is 59.4 Å². The molecule has 0 spiro atoms. The fraction of sp³-hybridized carbons (Fsp3) is 0.357. The number of amides is 1. The van der Waals surface area contributed by atoms with Crippen LogP contribution in [0.2, 0.25) is 0 Å². The van der Waals surface area contributed by atoms with E-state index < -0.39 is 5.97 Å². The van der Waals surface area contributed by atoms with Crippen LogP contribution in [0, 0.1) is 0 Å².